The summed E-state index contributed by atoms with van der Waals surface area (Å²) < 4.78 is 30.5. The first-order chi connectivity index (χ1) is 16.0. The van der Waals surface area contributed by atoms with Crippen LogP contribution in [0.4, 0.5) is 8.78 Å². The average Bonchev–Trinajstić information content (AvgIpc) is 3.32. The Labute approximate surface area is 198 Å². The van der Waals surface area contributed by atoms with E-state index in [1.807, 2.05) is 27.0 Å². The predicted molar refractivity (Wildman–Crippen MR) is 119 cm³/mol. The topological polar surface area (TPSA) is 100 Å². The maximum Gasteiger partial charge on any atom is 0.259 e. The zero-order valence-corrected chi connectivity index (χ0v) is 20.1. The van der Waals surface area contributed by atoms with E-state index in [9.17, 15) is 23.5 Å². The quantitative estimate of drug-likeness (QED) is 0.654. The van der Waals surface area contributed by atoms with E-state index < -0.39 is 46.8 Å². The van der Waals surface area contributed by atoms with Crippen molar-refractivity contribution in [3.05, 3.63) is 11.9 Å². The van der Waals surface area contributed by atoms with Crippen LogP contribution in [0.25, 0.3) is 0 Å². The van der Waals surface area contributed by atoms with E-state index in [1.54, 1.807) is 4.68 Å². The van der Waals surface area contributed by atoms with Gasteiger partial charge in [-0.05, 0) is 31.1 Å². The first kappa shape index (κ1) is 23.6. The first-order valence-electron chi connectivity index (χ1n) is 12.5. The number of likely N-dealkylation sites (tertiary alicyclic amines) is 1. The Hall–Kier alpha value is -2.10. The lowest BCUT2D eigenvalue weighted by Crippen LogP contribution is -2.50. The van der Waals surface area contributed by atoms with Crippen molar-refractivity contribution in [2.45, 2.75) is 95.7 Å². The lowest BCUT2D eigenvalue weighted by Gasteiger charge is -2.34. The number of hydrogen-bond acceptors (Lipinski definition) is 5. The van der Waals surface area contributed by atoms with E-state index in [0.29, 0.717) is 18.8 Å². The molecule has 4 aliphatic rings. The third kappa shape index (κ3) is 3.82. The number of carbonyl (C=O) groups is 2. The molecule has 0 radical (unpaired) electrons. The van der Waals surface area contributed by atoms with E-state index in [1.165, 1.54) is 4.90 Å². The molecule has 8 nitrogen and oxygen atoms in total. The van der Waals surface area contributed by atoms with Gasteiger partial charge in [-0.25, -0.2) is 13.5 Å². The molecule has 0 bridgehead atoms. The Balaban J connectivity index is 1.30. The van der Waals surface area contributed by atoms with Crippen LogP contribution in [0.5, 0.6) is 0 Å². The molecule has 4 atom stereocenters. The Morgan fingerprint density at radius 1 is 1.26 bits per heavy atom. The van der Waals surface area contributed by atoms with Crippen molar-refractivity contribution in [3.8, 4) is 0 Å². The molecule has 5 rings (SSSR count). The van der Waals surface area contributed by atoms with Crippen molar-refractivity contribution in [2.75, 3.05) is 13.1 Å². The number of alkyl halides is 2. The molecule has 4 fully saturated rings. The molecule has 3 aliphatic carbocycles. The van der Waals surface area contributed by atoms with Crippen LogP contribution in [0, 0.1) is 16.7 Å². The standard InChI is InChI=1S/C24H35F2N5O3/c1-22(2,3)19(31-13-16(28-29-31)14-6-7-14)21(34)30-12-15(32)10-17(30)20(33)27-11-18-23(24(18,25)26)8-4-5-9-23/h13-15,17-19,32H,4-12H2,1-3H3,(H,27,33)/t15?,17?,18?,19-/m0/s1. The Kier molecular flexibility index (Phi) is 5.53. The molecule has 1 aliphatic heterocycles. The van der Waals surface area contributed by atoms with Gasteiger partial charge in [-0.3, -0.25) is 9.59 Å². The van der Waals surface area contributed by atoms with Gasteiger partial charge in [-0.1, -0.05) is 38.8 Å². The summed E-state index contributed by atoms with van der Waals surface area (Å²) in [6.45, 7) is 5.69. The zero-order valence-electron chi connectivity index (χ0n) is 20.1. The zero-order chi connectivity index (χ0) is 24.5. The van der Waals surface area contributed by atoms with Gasteiger partial charge < -0.3 is 15.3 Å². The summed E-state index contributed by atoms with van der Waals surface area (Å²) in [5.74, 6) is -4.00. The van der Waals surface area contributed by atoms with Crippen molar-refractivity contribution in [1.82, 2.24) is 25.2 Å². The summed E-state index contributed by atoms with van der Waals surface area (Å²) in [5.41, 5.74) is -0.622. The minimum absolute atomic E-state index is 0.0250. The number of halogens is 2. The van der Waals surface area contributed by atoms with Gasteiger partial charge in [0, 0.05) is 37.0 Å². The molecule has 1 aromatic rings. The summed E-state index contributed by atoms with van der Waals surface area (Å²) >= 11 is 0. The van der Waals surface area contributed by atoms with Crippen molar-refractivity contribution in [3.63, 3.8) is 0 Å². The third-order valence-corrected chi connectivity index (χ3v) is 8.37. The minimum Gasteiger partial charge on any atom is -0.391 e. The average molecular weight is 480 g/mol. The number of nitrogens with one attached hydrogen (secondary N) is 1. The number of hydrogen-bond donors (Lipinski definition) is 2. The van der Waals surface area contributed by atoms with Crippen molar-refractivity contribution in [1.29, 1.82) is 0 Å². The molecule has 1 spiro atoms. The maximum absolute atomic E-state index is 14.5. The molecule has 3 unspecified atom stereocenters. The minimum atomic E-state index is -2.74. The van der Waals surface area contributed by atoms with E-state index in [-0.39, 0.29) is 25.4 Å². The molecular formula is C24H35F2N5O3. The summed E-state index contributed by atoms with van der Waals surface area (Å²) in [7, 11) is 0. The highest BCUT2D eigenvalue weighted by Gasteiger charge is 2.79. The summed E-state index contributed by atoms with van der Waals surface area (Å²) in [6, 6.07) is -1.60. The third-order valence-electron chi connectivity index (χ3n) is 8.37. The number of amides is 2. The Morgan fingerprint density at radius 3 is 2.56 bits per heavy atom. The number of β-amino-alcohol motifs (C(OH)–C–C–N with tert-alkyl or cyclic N) is 1. The van der Waals surface area contributed by atoms with Gasteiger partial charge >= 0.3 is 0 Å². The molecule has 3 saturated carbocycles. The first-order valence-corrected chi connectivity index (χ1v) is 12.5. The number of rotatable bonds is 6. The summed E-state index contributed by atoms with van der Waals surface area (Å²) in [4.78, 5) is 28.2. The van der Waals surface area contributed by atoms with E-state index in [0.717, 1.165) is 31.4 Å². The van der Waals surface area contributed by atoms with Gasteiger partial charge in [0.1, 0.15) is 12.1 Å². The molecule has 1 saturated heterocycles. The van der Waals surface area contributed by atoms with Crippen LogP contribution in [0.15, 0.2) is 6.20 Å². The molecule has 10 heteroatoms. The number of aromatic nitrogens is 3. The van der Waals surface area contributed by atoms with E-state index in [4.69, 9.17) is 0 Å². The monoisotopic (exact) mass is 479 g/mol. The molecule has 0 aromatic carbocycles. The second-order valence-corrected chi connectivity index (χ2v) is 11.8. The second kappa shape index (κ2) is 7.96. The van der Waals surface area contributed by atoms with Gasteiger partial charge in [0.15, 0.2) is 0 Å². The second-order valence-electron chi connectivity index (χ2n) is 11.8. The summed E-state index contributed by atoms with van der Waals surface area (Å²) in [5, 5.41) is 21.5. The van der Waals surface area contributed by atoms with Crippen molar-refractivity contribution >= 4 is 11.8 Å². The van der Waals surface area contributed by atoms with Crippen molar-refractivity contribution < 1.29 is 23.5 Å². The van der Waals surface area contributed by atoms with Gasteiger partial charge in [0.25, 0.3) is 5.92 Å². The molecular weight excluding hydrogens is 444 g/mol. The van der Waals surface area contributed by atoms with Crippen molar-refractivity contribution in [2.24, 2.45) is 16.7 Å². The largest absolute Gasteiger partial charge is 0.391 e. The van der Waals surface area contributed by atoms with Crippen LogP contribution < -0.4 is 5.32 Å². The lowest BCUT2D eigenvalue weighted by molar-refractivity contribution is -0.144. The molecule has 2 heterocycles. The number of aliphatic hydroxyl groups is 1. The predicted octanol–water partition coefficient (Wildman–Crippen LogP) is 2.65. The molecule has 188 valence electrons. The van der Waals surface area contributed by atoms with Gasteiger partial charge in [-0.2, -0.15) is 0 Å². The van der Waals surface area contributed by atoms with Crippen LogP contribution in [0.3, 0.4) is 0 Å². The highest BCUT2D eigenvalue weighted by Crippen LogP contribution is 2.72. The summed E-state index contributed by atoms with van der Waals surface area (Å²) in [6.07, 6.45) is 5.79. The van der Waals surface area contributed by atoms with Crippen LogP contribution in [-0.4, -0.2) is 68.0 Å². The highest BCUT2D eigenvalue weighted by molar-refractivity contribution is 5.90. The Morgan fingerprint density at radius 2 is 1.94 bits per heavy atom. The van der Waals surface area contributed by atoms with Crippen LogP contribution >= 0.6 is 0 Å². The normalized spacial score (nSPS) is 30.5. The van der Waals surface area contributed by atoms with Crippen LogP contribution in [0.1, 0.15) is 83.4 Å². The fraction of sp³-hybridized carbons (Fsp3) is 0.833. The van der Waals surface area contributed by atoms with Gasteiger partial charge in [-0.15, -0.1) is 5.10 Å². The fourth-order valence-corrected chi connectivity index (χ4v) is 6.25. The smallest absolute Gasteiger partial charge is 0.259 e. The van der Waals surface area contributed by atoms with E-state index >= 15 is 0 Å². The molecule has 1 aromatic heterocycles. The van der Waals surface area contributed by atoms with Crippen LogP contribution in [-0.2, 0) is 9.59 Å². The SMILES string of the molecule is CC(C)(C)[C@H](C(=O)N1CC(O)CC1C(=O)NCC1C(F)(F)C12CCCC2)n1cc(C2CC2)nn1. The number of nitrogens with zero attached hydrogens (tertiary/aromatic N) is 4. The van der Waals surface area contributed by atoms with Crippen LogP contribution in [0.2, 0.25) is 0 Å². The van der Waals surface area contributed by atoms with Gasteiger partial charge in [0.05, 0.1) is 17.7 Å². The molecule has 34 heavy (non-hydrogen) atoms. The van der Waals surface area contributed by atoms with E-state index in [2.05, 4.69) is 15.6 Å². The highest BCUT2D eigenvalue weighted by atomic mass is 19.3. The Bertz CT molecular complexity index is 964. The molecule has 2 amide bonds. The molecule has 2 N–H and O–H groups in total. The fourth-order valence-electron chi connectivity index (χ4n) is 6.25. The van der Waals surface area contributed by atoms with Gasteiger partial charge in [0.2, 0.25) is 11.8 Å². The number of carbonyl (C=O) groups excluding carboxylic acids is 2. The lowest BCUT2D eigenvalue weighted by atomic mass is 9.85. The maximum atomic E-state index is 14.5. The number of aliphatic hydroxyl groups excluding tert-OH is 1.